The highest BCUT2D eigenvalue weighted by molar-refractivity contribution is 5.92. The molecular weight excluding hydrogens is 1820 g/mol. The van der Waals surface area contributed by atoms with Gasteiger partial charge in [0.05, 0.1) is 71.1 Å². The van der Waals surface area contributed by atoms with E-state index in [-0.39, 0.29) is 150 Å². The zero-order chi connectivity index (χ0) is 99.6. The molecule has 11 aromatic rings. The average Bonchev–Trinajstić information content (AvgIpc) is 2.16. The molecule has 62 nitrogen and oxygen atoms in total. The molecule has 11 heterocycles. The van der Waals surface area contributed by atoms with Crippen LogP contribution in [0.4, 0.5) is 41.0 Å². The van der Waals surface area contributed by atoms with E-state index >= 15 is 0 Å². The summed E-state index contributed by atoms with van der Waals surface area (Å²) in [6.45, 7) is -12.2. The number of amides is 13. The molecule has 0 aliphatic heterocycles. The van der Waals surface area contributed by atoms with E-state index in [1.165, 1.54) is 72.7 Å². The largest absolute Gasteiger partial charge is 0.383 e. The first-order valence-electron chi connectivity index (χ1n) is 42.0. The van der Waals surface area contributed by atoms with Crippen LogP contribution in [0.15, 0.2) is 98.7 Å². The van der Waals surface area contributed by atoms with Gasteiger partial charge in [0.15, 0.2) is 51.0 Å². The van der Waals surface area contributed by atoms with Gasteiger partial charge in [-0.3, -0.25) is 100 Å². The summed E-state index contributed by atoms with van der Waals surface area (Å²) in [6, 6.07) is 3.74. The number of aromatic amines is 2. The second-order valence-electron chi connectivity index (χ2n) is 30.4. The predicted octanol–water partition coefficient (Wildman–Crippen LogP) is -13.8. The summed E-state index contributed by atoms with van der Waals surface area (Å²) >= 11 is 0. The number of nitrogens with one attached hydrogen (secondary N) is 8. The quantitative estimate of drug-likeness (QED) is 0.0168. The van der Waals surface area contributed by atoms with Crippen molar-refractivity contribution in [1.82, 2.24) is 173 Å². The fourth-order valence-electron chi connectivity index (χ4n) is 13.5. The average molecular weight is 1920 g/mol. The van der Waals surface area contributed by atoms with Gasteiger partial charge in [-0.1, -0.05) is 6.92 Å². The number of carbonyl (C=O) groups is 14. The van der Waals surface area contributed by atoms with Crippen molar-refractivity contribution in [1.29, 1.82) is 0 Å². The third-order valence-electron chi connectivity index (χ3n) is 20.5. The van der Waals surface area contributed by atoms with Crippen LogP contribution >= 0.6 is 0 Å². The molecule has 0 saturated carbocycles. The molecule has 138 heavy (non-hydrogen) atoms. The molecule has 730 valence electrons. The highest BCUT2D eigenvalue weighted by atomic mass is 16.2. The Morgan fingerprint density at radius 3 is 0.819 bits per heavy atom. The van der Waals surface area contributed by atoms with Crippen LogP contribution in [0, 0.1) is 0 Å². The third kappa shape index (κ3) is 27.5. The Morgan fingerprint density at radius 2 is 0.558 bits per heavy atom. The molecule has 0 aliphatic carbocycles. The molecule has 11 rings (SSSR count). The van der Waals surface area contributed by atoms with Gasteiger partial charge in [-0.05, 0) is 18.2 Å². The molecule has 0 bridgehead atoms. The van der Waals surface area contributed by atoms with Crippen LogP contribution < -0.4 is 106 Å². The van der Waals surface area contributed by atoms with Gasteiger partial charge in [0, 0.05) is 117 Å². The van der Waals surface area contributed by atoms with E-state index in [0.717, 1.165) is 68.3 Å². The number of aromatic nitrogens is 22. The number of H-pyrrole nitrogens is 2. The van der Waals surface area contributed by atoms with Crippen molar-refractivity contribution in [3.8, 4) is 0 Å². The predicted molar refractivity (Wildman–Crippen MR) is 482 cm³/mol. The summed E-state index contributed by atoms with van der Waals surface area (Å²) in [7, 11) is 0. The first-order valence-corrected chi connectivity index (χ1v) is 42.0. The summed E-state index contributed by atoms with van der Waals surface area (Å²) < 4.78 is 7.77. The number of fused-ring (bicyclic) bond motifs is 4. The van der Waals surface area contributed by atoms with E-state index in [0.29, 0.717) is 0 Å². The monoisotopic (exact) mass is 1920 g/mol. The number of anilines is 7. The van der Waals surface area contributed by atoms with Crippen LogP contribution in [0.1, 0.15) is 13.3 Å². The van der Waals surface area contributed by atoms with Gasteiger partial charge in [-0.15, -0.1) is 0 Å². The van der Waals surface area contributed by atoms with Crippen molar-refractivity contribution in [2.45, 2.75) is 59.2 Å². The maximum absolute atomic E-state index is 14.5. The van der Waals surface area contributed by atoms with Crippen molar-refractivity contribution in [3.05, 3.63) is 127 Å². The van der Waals surface area contributed by atoms with Gasteiger partial charge in [0.2, 0.25) is 88.7 Å². The molecule has 0 radical (unpaired) electrons. The lowest BCUT2D eigenvalue weighted by Crippen LogP contribution is -2.50. The number of Topliss-reactive ketones (excluding diaryl/α,β-unsaturated/α-hetero) is 1. The van der Waals surface area contributed by atoms with Crippen LogP contribution in [-0.4, -0.2) is 361 Å². The number of nitrogen functional groups attached to an aromatic ring is 7. The minimum absolute atomic E-state index is 0.00275. The minimum Gasteiger partial charge on any atom is -0.383 e. The molecule has 0 atom stereocenters. The van der Waals surface area contributed by atoms with Gasteiger partial charge >= 0.3 is 17.1 Å². The van der Waals surface area contributed by atoms with Gasteiger partial charge in [0.25, 0.3) is 11.1 Å². The maximum Gasteiger partial charge on any atom is 0.349 e. The first kappa shape index (κ1) is 100. The molecule has 62 heteroatoms. The summed E-state index contributed by atoms with van der Waals surface area (Å²) in [5.74, 6) is -11.9. The lowest BCUT2D eigenvalue weighted by atomic mass is 10.2. The van der Waals surface area contributed by atoms with E-state index in [9.17, 15) is 91.1 Å². The topological polar surface area (TPSA) is 861 Å². The summed E-state index contributed by atoms with van der Waals surface area (Å²) in [6.07, 6.45) is 10.7. The Labute approximate surface area is 774 Å². The Morgan fingerprint density at radius 1 is 0.312 bits per heavy atom. The van der Waals surface area contributed by atoms with Crippen molar-refractivity contribution in [2.75, 3.05) is 178 Å². The Hall–Kier alpha value is -18.2. The van der Waals surface area contributed by atoms with Crippen LogP contribution in [0.25, 0.3) is 44.7 Å². The number of nitrogens with two attached hydrogens (primary N) is 8. The summed E-state index contributed by atoms with van der Waals surface area (Å²) in [5, 5.41) is 15.6. The Kier molecular flexibility index (Phi) is 34.0. The van der Waals surface area contributed by atoms with Gasteiger partial charge in [0.1, 0.15) is 87.0 Å². The maximum atomic E-state index is 14.5. The van der Waals surface area contributed by atoms with Crippen molar-refractivity contribution >= 4 is 168 Å². The van der Waals surface area contributed by atoms with Crippen molar-refractivity contribution in [3.63, 3.8) is 0 Å². The minimum atomic E-state index is -0.960. The summed E-state index contributed by atoms with van der Waals surface area (Å²) in [4.78, 5) is 322. The zero-order valence-corrected chi connectivity index (χ0v) is 73.9. The molecule has 0 aliphatic rings. The highest BCUT2D eigenvalue weighted by Crippen LogP contribution is 2.18. The van der Waals surface area contributed by atoms with Crippen LogP contribution in [0.3, 0.4) is 0 Å². The molecule has 24 N–H and O–H groups in total. The molecule has 0 aromatic carbocycles. The van der Waals surface area contributed by atoms with Crippen LogP contribution in [0.2, 0.25) is 0 Å². The van der Waals surface area contributed by atoms with Crippen molar-refractivity contribution in [2.24, 2.45) is 5.73 Å². The molecule has 11 aromatic heterocycles. The van der Waals surface area contributed by atoms with Crippen LogP contribution in [0.5, 0.6) is 0 Å². The first-order chi connectivity index (χ1) is 66.0. The van der Waals surface area contributed by atoms with Gasteiger partial charge in [-0.25, -0.2) is 54.3 Å². The second-order valence-corrected chi connectivity index (χ2v) is 30.4. The Bertz CT molecular complexity index is 6750. The molecule has 0 unspecified atom stereocenters. The SMILES string of the molecule is CCC(=O)CN(CCNC(=O)CN(CCNC(=O)CN(CCNC(=O)CN(CCNC(=O)CN(CCNC(=O)CN(CCNC(=O)CN(CCN)C(=O)Cn1ccc(N)nc1=O)C(=O)Cn1cnc2c(=O)[nH]c(N)nc21)C(=O)Cn1ccc(N)nc1=O)C(=O)Cn1cnc2c(N)ncnc21)C(=O)Cn1ccc(N)nc1=O)C(=O)Cn1cnc2c(N)ncnc21)C(=O)Cn1cnc2c(=O)[nH]c(N)nc21. The number of ketones is 1. The van der Waals surface area contributed by atoms with E-state index < -0.39 is 236 Å². The summed E-state index contributed by atoms with van der Waals surface area (Å²) in [5.41, 5.74) is 42.4. The zero-order valence-electron chi connectivity index (χ0n) is 73.9. The number of hydrogen-bond acceptors (Lipinski definition) is 40. The van der Waals surface area contributed by atoms with E-state index in [1.807, 2.05) is 0 Å². The third-order valence-corrected chi connectivity index (χ3v) is 20.5. The standard InChI is InChI=1S/C76H97N43O19/c1-2-43(120)23-107(56(130)35-118-41-97-62-68(118)102-72(83)104-70(62)134)17-7-85-50(124)27-110(57(131)33-116-39-95-60-64(81)91-37-93-66(60)116)20-11-89-48(122)25-108(54(128)31-114-14-4-45(79)100-75(114)137)18-8-87-51(125)28-111(58(132)34-117-40-96-61-65(82)92-38-94-67(61)117)21-12-90-49(123)26-109(55(129)32-115-15-5-46(80)101-76(115)138)19-9-88-52(126)29-112(59(133)36-119-42-98-63-69(119)103-73(84)105-71(63)135)22-10-86-47(121)24-106(16-6-77)53(127)30-113-13-3-44(78)99-74(113)136/h3-5,13-15,37-42H,2,6-12,16-36,77H2,1H3,(H,85,124)(H,86,121)(H,87,125)(H,88,126)(H,89,122)(H,90,123)(H2,78,99,136)(H2,79,100,137)(H2,80,101,138)(H2,81,91,93)(H2,82,92,94)(H3,83,102,104,134)(H3,84,103,105,135). The van der Waals surface area contributed by atoms with Crippen molar-refractivity contribution < 1.29 is 67.1 Å². The molecule has 0 fully saturated rings. The fourth-order valence-corrected chi connectivity index (χ4v) is 13.5. The van der Waals surface area contributed by atoms with E-state index in [1.54, 1.807) is 6.92 Å². The van der Waals surface area contributed by atoms with Gasteiger partial charge in [-0.2, -0.15) is 24.9 Å². The van der Waals surface area contributed by atoms with E-state index in [2.05, 4.69) is 107 Å². The number of imidazole rings is 4. The molecular formula is C76H97N43O19. The smallest absolute Gasteiger partial charge is 0.349 e. The molecule has 13 amide bonds. The number of carbonyl (C=O) groups excluding carboxylic acids is 14. The fraction of sp³-hybridized carbons (Fsp3) is 0.395. The Balaban J connectivity index is 0.741. The number of rotatable bonds is 49. The van der Waals surface area contributed by atoms with Gasteiger partial charge < -0.3 is 130 Å². The molecule has 0 saturated heterocycles. The second kappa shape index (κ2) is 46.7. The normalized spacial score (nSPS) is 11.1. The lowest BCUT2D eigenvalue weighted by Gasteiger charge is -2.26. The highest BCUT2D eigenvalue weighted by Gasteiger charge is 2.30. The molecule has 0 spiro atoms. The van der Waals surface area contributed by atoms with E-state index in [4.69, 9.17) is 45.9 Å². The van der Waals surface area contributed by atoms with Crippen LogP contribution in [-0.2, 0) is 113 Å². The number of nitrogens with zero attached hydrogens (tertiary/aromatic N) is 27. The lowest BCUT2D eigenvalue weighted by molar-refractivity contribution is -0.138. The number of hydrogen-bond donors (Lipinski definition) is 16.